The molecule has 2 aromatic rings. The molecule has 0 radical (unpaired) electrons. The number of hydrogen-bond donors (Lipinski definition) is 1. The molecule has 3 fully saturated rings. The van der Waals surface area contributed by atoms with Crippen molar-refractivity contribution in [1.29, 1.82) is 0 Å². The van der Waals surface area contributed by atoms with E-state index in [4.69, 9.17) is 0 Å². The molecule has 3 aliphatic rings. The maximum absolute atomic E-state index is 13.6. The predicted octanol–water partition coefficient (Wildman–Crippen LogP) is 3.20. The average Bonchev–Trinajstić information content (AvgIpc) is 2.96. The molecule has 3 heterocycles. The number of nitrogens with zero attached hydrogens (tertiary/aromatic N) is 2. The van der Waals surface area contributed by atoms with Crippen LogP contribution in [0.4, 0.5) is 4.39 Å². The Bertz CT molecular complexity index is 811. The van der Waals surface area contributed by atoms with E-state index in [-0.39, 0.29) is 24.1 Å². The number of carbonyl (C=O) groups is 1. The summed E-state index contributed by atoms with van der Waals surface area (Å²) in [6, 6.07) is 14.9. The molecular formula is C22H25FN2O2. The van der Waals surface area contributed by atoms with Gasteiger partial charge in [-0.05, 0) is 42.0 Å². The number of aromatic hydroxyl groups is 1. The van der Waals surface area contributed by atoms with Crippen LogP contribution in [-0.2, 0) is 17.8 Å². The van der Waals surface area contributed by atoms with E-state index in [1.165, 1.54) is 17.7 Å². The Hall–Kier alpha value is -2.40. The molecule has 4 nitrogen and oxygen atoms in total. The van der Waals surface area contributed by atoms with Crippen molar-refractivity contribution in [2.45, 2.75) is 31.8 Å². The van der Waals surface area contributed by atoms with Crippen molar-refractivity contribution in [2.75, 3.05) is 19.6 Å². The summed E-state index contributed by atoms with van der Waals surface area (Å²) in [5.74, 6) is -0.507. The number of fused-ring (bicyclic) bond motifs is 4. The summed E-state index contributed by atoms with van der Waals surface area (Å²) in [6.45, 7) is 3.61. The molecule has 2 atom stereocenters. The fraction of sp³-hybridized carbons (Fsp3) is 0.409. The molecule has 0 spiro atoms. The monoisotopic (exact) mass is 368 g/mol. The molecule has 0 aliphatic carbocycles. The van der Waals surface area contributed by atoms with E-state index in [0.29, 0.717) is 11.5 Å². The third kappa shape index (κ3) is 4.14. The molecule has 2 bridgehead atoms. The van der Waals surface area contributed by atoms with Crippen molar-refractivity contribution in [3.05, 3.63) is 65.5 Å². The molecule has 142 valence electrons. The van der Waals surface area contributed by atoms with Crippen LogP contribution in [0.25, 0.3) is 0 Å². The maximum atomic E-state index is 13.6. The van der Waals surface area contributed by atoms with Crippen LogP contribution in [0, 0.1) is 11.7 Å². The first kappa shape index (κ1) is 18.0. The van der Waals surface area contributed by atoms with E-state index in [1.54, 1.807) is 6.07 Å². The fourth-order valence-corrected chi connectivity index (χ4v) is 4.39. The number of benzene rings is 2. The third-order valence-corrected chi connectivity index (χ3v) is 5.73. The zero-order valence-corrected chi connectivity index (χ0v) is 15.4. The van der Waals surface area contributed by atoms with Crippen LogP contribution in [0.5, 0.6) is 5.75 Å². The van der Waals surface area contributed by atoms with Gasteiger partial charge in [-0.25, -0.2) is 4.39 Å². The van der Waals surface area contributed by atoms with Gasteiger partial charge in [-0.2, -0.15) is 0 Å². The summed E-state index contributed by atoms with van der Waals surface area (Å²) < 4.78 is 13.6. The Morgan fingerprint density at radius 1 is 1.04 bits per heavy atom. The van der Waals surface area contributed by atoms with Gasteiger partial charge in [0.2, 0.25) is 5.91 Å². The fourth-order valence-electron chi connectivity index (χ4n) is 4.39. The maximum Gasteiger partial charge on any atom is 0.227 e. The van der Waals surface area contributed by atoms with E-state index in [2.05, 4.69) is 29.2 Å². The number of halogens is 1. The van der Waals surface area contributed by atoms with E-state index in [0.717, 1.165) is 39.0 Å². The number of hydrogen-bond acceptors (Lipinski definition) is 3. The van der Waals surface area contributed by atoms with Crippen molar-refractivity contribution in [1.82, 2.24) is 9.80 Å². The summed E-state index contributed by atoms with van der Waals surface area (Å²) in [5, 5.41) is 9.32. The normalized spacial score (nSPS) is 22.6. The molecule has 5 rings (SSSR count). The first-order chi connectivity index (χ1) is 13.1. The lowest BCUT2D eigenvalue weighted by molar-refractivity contribution is -0.134. The number of rotatable bonds is 4. The summed E-state index contributed by atoms with van der Waals surface area (Å²) in [5.41, 5.74) is 1.91. The van der Waals surface area contributed by atoms with E-state index in [9.17, 15) is 14.3 Å². The van der Waals surface area contributed by atoms with Gasteiger partial charge in [0.1, 0.15) is 0 Å². The molecule has 1 amide bonds. The smallest absolute Gasteiger partial charge is 0.227 e. The van der Waals surface area contributed by atoms with Crippen molar-refractivity contribution in [3.63, 3.8) is 0 Å². The summed E-state index contributed by atoms with van der Waals surface area (Å²) >= 11 is 0. The van der Waals surface area contributed by atoms with Crippen LogP contribution in [0.2, 0.25) is 0 Å². The molecule has 3 aliphatic heterocycles. The minimum Gasteiger partial charge on any atom is -0.505 e. The first-order valence-electron chi connectivity index (χ1n) is 9.61. The lowest BCUT2D eigenvalue weighted by atomic mass is 9.94. The molecule has 27 heavy (non-hydrogen) atoms. The molecule has 2 aromatic carbocycles. The zero-order valence-electron chi connectivity index (χ0n) is 15.4. The van der Waals surface area contributed by atoms with Gasteiger partial charge >= 0.3 is 0 Å². The van der Waals surface area contributed by atoms with Crippen molar-refractivity contribution in [2.24, 2.45) is 5.92 Å². The van der Waals surface area contributed by atoms with Crippen LogP contribution in [0.3, 0.4) is 0 Å². The largest absolute Gasteiger partial charge is 0.505 e. The van der Waals surface area contributed by atoms with E-state index in [1.807, 2.05) is 11.0 Å². The topological polar surface area (TPSA) is 43.8 Å². The van der Waals surface area contributed by atoms with Crippen molar-refractivity contribution in [3.8, 4) is 5.75 Å². The number of piperidine rings is 1. The van der Waals surface area contributed by atoms with Crippen molar-refractivity contribution >= 4 is 5.91 Å². The first-order valence-corrected chi connectivity index (χ1v) is 9.61. The van der Waals surface area contributed by atoms with Gasteiger partial charge in [0.25, 0.3) is 0 Å². The highest BCUT2D eigenvalue weighted by molar-refractivity contribution is 5.79. The van der Waals surface area contributed by atoms with E-state index < -0.39 is 5.82 Å². The predicted molar refractivity (Wildman–Crippen MR) is 102 cm³/mol. The highest BCUT2D eigenvalue weighted by Crippen LogP contribution is 2.29. The number of phenolic OH excluding ortho intramolecular Hbond substituents is 1. The van der Waals surface area contributed by atoms with Gasteiger partial charge < -0.3 is 10.0 Å². The Labute approximate surface area is 159 Å². The second-order valence-electron chi connectivity index (χ2n) is 7.79. The molecule has 0 saturated carbocycles. The average molecular weight is 368 g/mol. The minimum absolute atomic E-state index is 0.0522. The van der Waals surface area contributed by atoms with Gasteiger partial charge in [-0.15, -0.1) is 0 Å². The van der Waals surface area contributed by atoms with Gasteiger partial charge in [0.15, 0.2) is 11.6 Å². The number of amides is 1. The van der Waals surface area contributed by atoms with Crippen LogP contribution in [0.15, 0.2) is 48.5 Å². The van der Waals surface area contributed by atoms with Crippen LogP contribution in [-0.4, -0.2) is 46.5 Å². The molecule has 5 heteroatoms. The quantitative estimate of drug-likeness (QED) is 0.901. The van der Waals surface area contributed by atoms with Gasteiger partial charge in [-0.1, -0.05) is 36.4 Å². The zero-order chi connectivity index (χ0) is 18.8. The minimum atomic E-state index is -0.674. The van der Waals surface area contributed by atoms with Gasteiger partial charge in [-0.3, -0.25) is 9.69 Å². The SMILES string of the molecule is O=C(Cc1ccc(O)c(F)c1)N1C[C@H]2CC[C@@H]1CN(Cc1ccccc1)C2. The summed E-state index contributed by atoms with van der Waals surface area (Å²) in [4.78, 5) is 17.4. The van der Waals surface area contributed by atoms with Gasteiger partial charge in [0, 0.05) is 32.2 Å². The standard InChI is InChI=1S/C22H25FN2O2/c23-20-10-17(7-9-21(20)26)11-22(27)25-14-18-6-8-19(25)15-24(13-18)12-16-4-2-1-3-5-16/h1-5,7,9-10,18-19,26H,6,8,11-15H2/t18-,19+/m0/s1. The molecule has 1 N–H and O–H groups in total. The Kier molecular flexibility index (Phi) is 5.12. The summed E-state index contributed by atoms with van der Waals surface area (Å²) in [7, 11) is 0. The van der Waals surface area contributed by atoms with E-state index >= 15 is 0 Å². The van der Waals surface area contributed by atoms with Crippen LogP contribution in [0.1, 0.15) is 24.0 Å². The highest BCUT2D eigenvalue weighted by Gasteiger charge is 2.36. The molecule has 0 unspecified atom stereocenters. The number of carbonyl (C=O) groups excluding carboxylic acids is 1. The second-order valence-corrected chi connectivity index (χ2v) is 7.79. The molecular weight excluding hydrogens is 343 g/mol. The number of phenols is 1. The van der Waals surface area contributed by atoms with Gasteiger partial charge in [0.05, 0.1) is 6.42 Å². The van der Waals surface area contributed by atoms with Crippen LogP contribution >= 0.6 is 0 Å². The highest BCUT2D eigenvalue weighted by atomic mass is 19.1. The van der Waals surface area contributed by atoms with Crippen molar-refractivity contribution < 1.29 is 14.3 Å². The Morgan fingerprint density at radius 3 is 2.63 bits per heavy atom. The Balaban J connectivity index is 1.43. The van der Waals surface area contributed by atoms with Crippen LogP contribution < -0.4 is 0 Å². The third-order valence-electron chi connectivity index (χ3n) is 5.73. The second kappa shape index (κ2) is 7.69. The lowest BCUT2D eigenvalue weighted by Gasteiger charge is -2.36. The Morgan fingerprint density at radius 2 is 1.85 bits per heavy atom. The summed E-state index contributed by atoms with van der Waals surface area (Å²) in [6.07, 6.45) is 2.37. The molecule has 0 aromatic heterocycles. The molecule has 3 saturated heterocycles. The lowest BCUT2D eigenvalue weighted by Crippen LogP contribution is -2.48.